The molecule has 0 aromatic heterocycles. The number of ether oxygens (including phenoxy) is 1. The van der Waals surface area contributed by atoms with Crippen LogP contribution >= 0.6 is 0 Å². The number of nitrogens with one attached hydrogen (secondary N) is 3. The van der Waals surface area contributed by atoms with Gasteiger partial charge in [0.05, 0.1) is 18.7 Å². The van der Waals surface area contributed by atoms with Crippen LogP contribution in [-0.2, 0) is 11.3 Å². The third kappa shape index (κ3) is 5.73. The van der Waals surface area contributed by atoms with Gasteiger partial charge in [-0.15, -0.1) is 0 Å². The van der Waals surface area contributed by atoms with Crippen molar-refractivity contribution in [3.05, 3.63) is 65.0 Å². The number of carbonyl (C=O) groups excluding carboxylic acids is 1. The van der Waals surface area contributed by atoms with Crippen molar-refractivity contribution < 1.29 is 32.5 Å². The molecule has 1 aliphatic rings. The average Bonchev–Trinajstić information content (AvgIpc) is 2.69. The van der Waals surface area contributed by atoms with Gasteiger partial charge in [-0.25, -0.2) is 13.2 Å². The first-order chi connectivity index (χ1) is 14.4. The number of carbonyl (C=O) groups is 1. The molecule has 1 aliphatic heterocycles. The summed E-state index contributed by atoms with van der Waals surface area (Å²) in [6.45, 7) is 5.96. The van der Waals surface area contributed by atoms with E-state index >= 15 is 0 Å². The quantitative estimate of drug-likeness (QED) is 0.599. The van der Waals surface area contributed by atoms with Crippen molar-refractivity contribution in [3.8, 4) is 5.75 Å². The highest BCUT2D eigenvalue weighted by atomic mass is 19.1. The van der Waals surface area contributed by atoms with Crippen LogP contribution in [0.15, 0.2) is 36.4 Å². The number of rotatable bonds is 7. The molecule has 3 N–H and O–H groups in total. The van der Waals surface area contributed by atoms with Gasteiger partial charge >= 0.3 is 0 Å². The predicted molar refractivity (Wildman–Crippen MR) is 106 cm³/mol. The van der Waals surface area contributed by atoms with Crippen LogP contribution in [-0.4, -0.2) is 45.7 Å². The lowest BCUT2D eigenvalue weighted by Gasteiger charge is -2.30. The predicted octanol–water partition coefficient (Wildman–Crippen LogP) is 0.273. The van der Waals surface area contributed by atoms with Crippen LogP contribution in [0.2, 0.25) is 0 Å². The van der Waals surface area contributed by atoms with Gasteiger partial charge in [-0.05, 0) is 31.2 Å². The van der Waals surface area contributed by atoms with Crippen LogP contribution in [0.3, 0.4) is 0 Å². The molecule has 30 heavy (non-hydrogen) atoms. The number of benzene rings is 2. The Morgan fingerprint density at radius 3 is 2.33 bits per heavy atom. The highest BCUT2D eigenvalue weighted by molar-refractivity contribution is 5.77. The Bertz CT molecular complexity index is 886. The second-order valence-electron chi connectivity index (χ2n) is 7.76. The molecule has 5 nitrogen and oxygen atoms in total. The zero-order chi connectivity index (χ0) is 21.7. The highest BCUT2D eigenvalue weighted by Gasteiger charge is 2.26. The van der Waals surface area contributed by atoms with Crippen molar-refractivity contribution >= 4 is 5.91 Å². The van der Waals surface area contributed by atoms with Crippen molar-refractivity contribution in [2.24, 2.45) is 0 Å². The third-order valence-electron chi connectivity index (χ3n) is 5.56. The van der Waals surface area contributed by atoms with Crippen molar-refractivity contribution in [1.82, 2.24) is 5.32 Å². The maximum absolute atomic E-state index is 13.9. The molecule has 0 radical (unpaired) electrons. The fraction of sp³-hybridized carbons (Fsp3) is 0.409. The van der Waals surface area contributed by atoms with Gasteiger partial charge in [-0.3, -0.25) is 4.79 Å². The Morgan fingerprint density at radius 2 is 1.67 bits per heavy atom. The number of hydrogen-bond donors (Lipinski definition) is 3. The second-order valence-corrected chi connectivity index (χ2v) is 7.76. The lowest BCUT2D eigenvalue weighted by Crippen LogP contribution is -3.28. The van der Waals surface area contributed by atoms with Crippen molar-refractivity contribution in [1.29, 1.82) is 0 Å². The number of hydrogen-bond acceptors (Lipinski definition) is 2. The van der Waals surface area contributed by atoms with E-state index in [4.69, 9.17) is 4.74 Å². The fourth-order valence-electron chi connectivity index (χ4n) is 3.92. The zero-order valence-corrected chi connectivity index (χ0v) is 17.2. The molecule has 0 saturated carbocycles. The molecule has 1 saturated heterocycles. The van der Waals surface area contributed by atoms with E-state index in [-0.39, 0.29) is 17.3 Å². The van der Waals surface area contributed by atoms with Crippen LogP contribution < -0.4 is 19.9 Å². The summed E-state index contributed by atoms with van der Waals surface area (Å²) >= 11 is 0. The maximum atomic E-state index is 13.9. The Labute approximate surface area is 174 Å². The van der Waals surface area contributed by atoms with Crippen molar-refractivity contribution in [3.63, 3.8) is 0 Å². The number of quaternary nitrogens is 2. The first-order valence-corrected chi connectivity index (χ1v) is 10.1. The van der Waals surface area contributed by atoms with E-state index in [1.54, 1.807) is 20.1 Å². The molecule has 0 unspecified atom stereocenters. The molecular formula is C22H28F3N3O2+2. The summed E-state index contributed by atoms with van der Waals surface area (Å²) in [5.74, 6) is -1.08. The van der Waals surface area contributed by atoms with E-state index in [9.17, 15) is 18.0 Å². The molecular weight excluding hydrogens is 395 g/mol. The van der Waals surface area contributed by atoms with Crippen molar-refractivity contribution in [2.75, 3.05) is 39.8 Å². The van der Waals surface area contributed by atoms with Crippen LogP contribution in [0.4, 0.5) is 13.2 Å². The first kappa shape index (κ1) is 22.1. The van der Waals surface area contributed by atoms with Gasteiger partial charge < -0.3 is 19.9 Å². The minimum Gasteiger partial charge on any atom is -0.496 e. The largest absolute Gasteiger partial charge is 0.496 e. The monoisotopic (exact) mass is 423 g/mol. The standard InChI is InChI=1S/C22H26F3N3O2/c1-15(19-5-3-18(24)12-20(19)25)26-22(29)14-28-9-7-27(8-10-28)13-16-11-17(23)4-6-21(16)30-2/h3-6,11-12,15H,7-10,13-14H2,1-2H3,(H,26,29)/p+2/t15-/m0/s1. The van der Waals surface area contributed by atoms with Gasteiger partial charge in [0.1, 0.15) is 55.9 Å². The molecule has 2 aromatic carbocycles. The molecule has 8 heteroatoms. The lowest BCUT2D eigenvalue weighted by molar-refractivity contribution is -1.02. The number of halogens is 3. The molecule has 3 rings (SSSR count). The van der Waals surface area contributed by atoms with E-state index in [1.807, 2.05) is 0 Å². The summed E-state index contributed by atoms with van der Waals surface area (Å²) in [5, 5.41) is 2.79. The average molecular weight is 423 g/mol. The smallest absolute Gasteiger partial charge is 0.275 e. The minimum absolute atomic E-state index is 0.170. The summed E-state index contributed by atoms with van der Waals surface area (Å²) in [7, 11) is 1.57. The van der Waals surface area contributed by atoms with Gasteiger partial charge in [0, 0.05) is 11.6 Å². The second kappa shape index (κ2) is 9.95. The third-order valence-corrected chi connectivity index (χ3v) is 5.56. The summed E-state index contributed by atoms with van der Waals surface area (Å²) in [4.78, 5) is 14.8. The van der Waals surface area contributed by atoms with Crippen LogP contribution in [0, 0.1) is 17.5 Å². The Balaban J connectivity index is 1.47. The van der Waals surface area contributed by atoms with Gasteiger partial charge in [0.2, 0.25) is 0 Å². The Morgan fingerprint density at radius 1 is 1.03 bits per heavy atom. The zero-order valence-electron chi connectivity index (χ0n) is 17.2. The van der Waals surface area contributed by atoms with Gasteiger partial charge in [-0.2, -0.15) is 0 Å². The van der Waals surface area contributed by atoms with Gasteiger partial charge in [0.25, 0.3) is 5.91 Å². The molecule has 1 amide bonds. The number of methoxy groups -OCH3 is 1. The molecule has 1 fully saturated rings. The summed E-state index contributed by atoms with van der Waals surface area (Å²) in [6, 6.07) is 7.35. The maximum Gasteiger partial charge on any atom is 0.275 e. The molecule has 0 aliphatic carbocycles. The SMILES string of the molecule is COc1ccc(F)cc1C[NH+]1CC[NH+](CC(=O)N[C@@H](C)c2ccc(F)cc2F)CC1. The number of piperazine rings is 1. The summed E-state index contributed by atoms with van der Waals surface area (Å²) in [6.07, 6.45) is 0. The first-order valence-electron chi connectivity index (χ1n) is 10.1. The minimum atomic E-state index is -0.667. The Kier molecular flexibility index (Phi) is 7.33. The normalized spacial score (nSPS) is 19.9. The van der Waals surface area contributed by atoms with E-state index < -0.39 is 17.7 Å². The summed E-state index contributed by atoms with van der Waals surface area (Å²) in [5.41, 5.74) is 1.10. The Hall–Kier alpha value is -2.58. The van der Waals surface area contributed by atoms with Crippen LogP contribution in [0.1, 0.15) is 24.1 Å². The molecule has 2 aromatic rings. The van der Waals surface area contributed by atoms with Crippen LogP contribution in [0.25, 0.3) is 0 Å². The molecule has 162 valence electrons. The van der Waals surface area contributed by atoms with E-state index in [0.29, 0.717) is 18.8 Å². The molecule has 1 atom stereocenters. The van der Waals surface area contributed by atoms with E-state index in [1.165, 1.54) is 29.2 Å². The summed E-state index contributed by atoms with van der Waals surface area (Å²) < 4.78 is 45.8. The van der Waals surface area contributed by atoms with Crippen molar-refractivity contribution in [2.45, 2.75) is 19.5 Å². The van der Waals surface area contributed by atoms with E-state index in [0.717, 1.165) is 42.7 Å². The molecule has 1 heterocycles. The van der Waals surface area contributed by atoms with Gasteiger partial charge in [-0.1, -0.05) is 6.07 Å². The number of amides is 1. The highest BCUT2D eigenvalue weighted by Crippen LogP contribution is 2.18. The van der Waals surface area contributed by atoms with Crippen LogP contribution in [0.5, 0.6) is 5.75 Å². The topological polar surface area (TPSA) is 47.2 Å². The fourth-order valence-corrected chi connectivity index (χ4v) is 3.92. The molecule has 0 spiro atoms. The molecule has 0 bridgehead atoms. The van der Waals surface area contributed by atoms with Gasteiger partial charge in [0.15, 0.2) is 6.54 Å². The lowest BCUT2D eigenvalue weighted by atomic mass is 10.1. The van der Waals surface area contributed by atoms with E-state index in [2.05, 4.69) is 5.32 Å².